The molecule has 0 radical (unpaired) electrons. The van der Waals surface area contributed by atoms with Crippen molar-refractivity contribution in [1.29, 1.82) is 0 Å². The summed E-state index contributed by atoms with van der Waals surface area (Å²) in [5.74, 6) is 0. The van der Waals surface area contributed by atoms with Crippen molar-refractivity contribution < 1.29 is 26.3 Å². The Bertz CT molecular complexity index is 377. The zero-order chi connectivity index (χ0) is 11.8. The van der Waals surface area contributed by atoms with E-state index in [2.05, 4.69) is 9.97 Å². The maximum absolute atomic E-state index is 12.4. The van der Waals surface area contributed by atoms with Crippen LogP contribution in [0.5, 0.6) is 0 Å². The fourth-order valence-corrected chi connectivity index (χ4v) is 1.07. The van der Waals surface area contributed by atoms with Crippen LogP contribution in [0.1, 0.15) is 17.7 Å². The van der Waals surface area contributed by atoms with Crippen LogP contribution in [0.3, 0.4) is 0 Å². The molecule has 0 saturated carbocycles. The van der Waals surface area contributed by atoms with Crippen LogP contribution in [0.4, 0.5) is 26.3 Å². The van der Waals surface area contributed by atoms with Gasteiger partial charge in [-0.2, -0.15) is 27.5 Å². The monoisotopic (exact) mass is 250 g/mol. The zero-order valence-electron chi connectivity index (χ0n) is 6.62. The SMILES string of the molecule is Fc1nc(Cl)c(C(F)F)c(C(F)(F)F)n1. The highest BCUT2D eigenvalue weighted by Crippen LogP contribution is 2.37. The van der Waals surface area contributed by atoms with Gasteiger partial charge in [-0.25, -0.2) is 8.78 Å². The van der Waals surface area contributed by atoms with Gasteiger partial charge >= 0.3 is 12.3 Å². The second-order valence-electron chi connectivity index (χ2n) is 2.34. The van der Waals surface area contributed by atoms with E-state index in [1.807, 2.05) is 0 Å². The van der Waals surface area contributed by atoms with E-state index in [9.17, 15) is 26.3 Å². The lowest BCUT2D eigenvalue weighted by atomic mass is 10.2. The van der Waals surface area contributed by atoms with E-state index < -0.39 is 35.1 Å². The second-order valence-corrected chi connectivity index (χ2v) is 2.70. The first kappa shape index (κ1) is 12.0. The Morgan fingerprint density at radius 2 is 1.67 bits per heavy atom. The van der Waals surface area contributed by atoms with Crippen LogP contribution in [0.25, 0.3) is 0 Å². The van der Waals surface area contributed by atoms with Crippen molar-refractivity contribution in [3.8, 4) is 0 Å². The molecular weight excluding hydrogens is 250 g/mol. The van der Waals surface area contributed by atoms with Gasteiger partial charge in [0, 0.05) is 0 Å². The zero-order valence-corrected chi connectivity index (χ0v) is 7.37. The third kappa shape index (κ3) is 2.49. The van der Waals surface area contributed by atoms with Crippen molar-refractivity contribution in [2.75, 3.05) is 0 Å². The molecule has 0 saturated heterocycles. The van der Waals surface area contributed by atoms with E-state index in [4.69, 9.17) is 11.6 Å². The van der Waals surface area contributed by atoms with Gasteiger partial charge in [0.1, 0.15) is 5.15 Å². The van der Waals surface area contributed by atoms with Crippen LogP contribution < -0.4 is 0 Å². The first-order valence-corrected chi connectivity index (χ1v) is 3.69. The third-order valence-electron chi connectivity index (χ3n) is 1.36. The molecule has 1 rings (SSSR count). The molecule has 1 heterocycles. The predicted molar refractivity (Wildman–Crippen MR) is 37.0 cm³/mol. The molecule has 84 valence electrons. The topological polar surface area (TPSA) is 25.8 Å². The minimum atomic E-state index is -5.21. The van der Waals surface area contributed by atoms with E-state index in [0.29, 0.717) is 0 Å². The summed E-state index contributed by atoms with van der Waals surface area (Å²) in [7, 11) is 0. The van der Waals surface area contributed by atoms with Gasteiger partial charge in [0.05, 0.1) is 5.56 Å². The number of nitrogens with zero attached hydrogens (tertiary/aromatic N) is 2. The average Bonchev–Trinajstić information content (AvgIpc) is 1.99. The third-order valence-corrected chi connectivity index (χ3v) is 1.65. The van der Waals surface area contributed by atoms with E-state index in [-0.39, 0.29) is 0 Å². The minimum Gasteiger partial charge on any atom is -0.205 e. The molecule has 2 nitrogen and oxygen atoms in total. The lowest BCUT2D eigenvalue weighted by Crippen LogP contribution is -2.15. The lowest BCUT2D eigenvalue weighted by Gasteiger charge is -2.11. The standard InChI is InChI=1S/C6HClF6N2/c7-3-1(4(8)9)2(6(11,12)13)14-5(10)15-3/h4H. The summed E-state index contributed by atoms with van der Waals surface area (Å²) in [5, 5.41) is -1.25. The van der Waals surface area contributed by atoms with Crippen molar-refractivity contribution >= 4 is 11.6 Å². The number of alkyl halides is 5. The number of halogens is 7. The summed E-state index contributed by atoms with van der Waals surface area (Å²) in [6.07, 6.45) is -10.6. The van der Waals surface area contributed by atoms with Crippen molar-refractivity contribution in [2.45, 2.75) is 12.6 Å². The normalized spacial score (nSPS) is 12.3. The number of hydrogen-bond donors (Lipinski definition) is 0. The highest BCUT2D eigenvalue weighted by atomic mass is 35.5. The number of hydrogen-bond acceptors (Lipinski definition) is 2. The first-order valence-electron chi connectivity index (χ1n) is 3.31. The maximum atomic E-state index is 12.4. The Morgan fingerprint density at radius 1 is 1.13 bits per heavy atom. The molecule has 0 spiro atoms. The molecule has 15 heavy (non-hydrogen) atoms. The molecular formula is C6HClF6N2. The van der Waals surface area contributed by atoms with Crippen molar-refractivity contribution in [2.24, 2.45) is 0 Å². The van der Waals surface area contributed by atoms with Crippen LogP contribution in [0.2, 0.25) is 5.15 Å². The fraction of sp³-hybridized carbons (Fsp3) is 0.333. The molecule has 1 aromatic heterocycles. The van der Waals surface area contributed by atoms with Gasteiger partial charge in [-0.05, 0) is 0 Å². The molecule has 9 heteroatoms. The maximum Gasteiger partial charge on any atom is 0.434 e. The molecule has 0 aliphatic heterocycles. The molecule has 0 aliphatic rings. The van der Waals surface area contributed by atoms with Crippen molar-refractivity contribution in [3.05, 3.63) is 22.5 Å². The molecule has 0 aromatic carbocycles. The molecule has 0 atom stereocenters. The molecule has 0 bridgehead atoms. The molecule has 0 aliphatic carbocycles. The second kappa shape index (κ2) is 3.84. The molecule has 0 amide bonds. The first-order chi connectivity index (χ1) is 6.73. The Labute approximate surface area is 83.9 Å². The van der Waals surface area contributed by atoms with E-state index in [0.717, 1.165) is 0 Å². The van der Waals surface area contributed by atoms with Crippen LogP contribution in [-0.4, -0.2) is 9.97 Å². The quantitative estimate of drug-likeness (QED) is 0.434. The van der Waals surface area contributed by atoms with E-state index in [1.165, 1.54) is 0 Å². The summed E-state index contributed by atoms with van der Waals surface area (Å²) in [6, 6.07) is 0. The van der Waals surface area contributed by atoms with Gasteiger partial charge in [-0.3, -0.25) is 0 Å². The average molecular weight is 251 g/mol. The van der Waals surface area contributed by atoms with Crippen LogP contribution in [0.15, 0.2) is 0 Å². The van der Waals surface area contributed by atoms with Crippen molar-refractivity contribution in [1.82, 2.24) is 9.97 Å². The molecule has 1 aromatic rings. The summed E-state index contributed by atoms with van der Waals surface area (Å²) >= 11 is 4.96. The molecule has 0 unspecified atom stereocenters. The Balaban J connectivity index is 3.47. The van der Waals surface area contributed by atoms with Gasteiger partial charge in [-0.1, -0.05) is 11.6 Å². The van der Waals surface area contributed by atoms with Crippen LogP contribution >= 0.6 is 11.6 Å². The van der Waals surface area contributed by atoms with Gasteiger partial charge in [0.15, 0.2) is 5.69 Å². The van der Waals surface area contributed by atoms with E-state index >= 15 is 0 Å². The highest BCUT2D eigenvalue weighted by Gasteiger charge is 2.40. The molecule has 0 fully saturated rings. The summed E-state index contributed by atoms with van der Waals surface area (Å²) in [6.45, 7) is 0. The van der Waals surface area contributed by atoms with E-state index in [1.54, 1.807) is 0 Å². The number of rotatable bonds is 1. The van der Waals surface area contributed by atoms with Gasteiger partial charge in [0.2, 0.25) is 0 Å². The van der Waals surface area contributed by atoms with Gasteiger partial charge in [0.25, 0.3) is 6.43 Å². The fourth-order valence-electron chi connectivity index (χ4n) is 0.826. The van der Waals surface area contributed by atoms with Crippen LogP contribution in [0, 0.1) is 6.08 Å². The Hall–Kier alpha value is -1.05. The number of aromatic nitrogens is 2. The molecule has 0 N–H and O–H groups in total. The Morgan fingerprint density at radius 3 is 2.07 bits per heavy atom. The van der Waals surface area contributed by atoms with Crippen LogP contribution in [-0.2, 0) is 6.18 Å². The van der Waals surface area contributed by atoms with Gasteiger partial charge in [-0.15, -0.1) is 0 Å². The smallest absolute Gasteiger partial charge is 0.205 e. The highest BCUT2D eigenvalue weighted by molar-refractivity contribution is 6.30. The lowest BCUT2D eigenvalue weighted by molar-refractivity contribution is -0.143. The summed E-state index contributed by atoms with van der Waals surface area (Å²) < 4.78 is 73.0. The summed E-state index contributed by atoms with van der Waals surface area (Å²) in [5.41, 5.74) is -3.68. The van der Waals surface area contributed by atoms with Crippen molar-refractivity contribution in [3.63, 3.8) is 0 Å². The largest absolute Gasteiger partial charge is 0.434 e. The predicted octanol–water partition coefficient (Wildman–Crippen LogP) is 3.23. The van der Waals surface area contributed by atoms with Gasteiger partial charge < -0.3 is 0 Å². The minimum absolute atomic E-state index is 1.25. The summed E-state index contributed by atoms with van der Waals surface area (Å²) in [4.78, 5) is 4.84. The Kier molecular flexibility index (Phi) is 3.08.